The lowest BCUT2D eigenvalue weighted by Crippen LogP contribution is -2.47. The van der Waals surface area contributed by atoms with Gasteiger partial charge in [-0.15, -0.1) is 0 Å². The number of pyridine rings is 1. The van der Waals surface area contributed by atoms with Crippen LogP contribution in [0.3, 0.4) is 0 Å². The van der Waals surface area contributed by atoms with E-state index in [1.165, 1.54) is 13.2 Å². The Kier molecular flexibility index (Phi) is 5.98. The minimum absolute atomic E-state index is 0.0894. The van der Waals surface area contributed by atoms with Crippen LogP contribution in [0.4, 0.5) is 5.69 Å². The number of piperazine rings is 1. The summed E-state index contributed by atoms with van der Waals surface area (Å²) in [5.41, 5.74) is 1.06. The third-order valence-corrected chi connectivity index (χ3v) is 4.42. The maximum atomic E-state index is 11.2. The van der Waals surface area contributed by atoms with Crippen molar-refractivity contribution in [3.63, 3.8) is 0 Å². The highest BCUT2D eigenvalue weighted by atomic mass is 16.6. The van der Waals surface area contributed by atoms with Crippen LogP contribution >= 0.6 is 0 Å². The van der Waals surface area contributed by atoms with Gasteiger partial charge in [-0.3, -0.25) is 20.0 Å². The van der Waals surface area contributed by atoms with Gasteiger partial charge in [-0.25, -0.2) is 0 Å². The van der Waals surface area contributed by atoms with Crippen molar-refractivity contribution in [1.82, 2.24) is 15.2 Å². The third kappa shape index (κ3) is 4.27. The fourth-order valence-corrected chi connectivity index (χ4v) is 3.08. The van der Waals surface area contributed by atoms with Crippen molar-refractivity contribution in [2.75, 3.05) is 39.9 Å². The number of nitro benzene ring substituents is 1. The van der Waals surface area contributed by atoms with Gasteiger partial charge in [0.05, 0.1) is 18.1 Å². The van der Waals surface area contributed by atoms with Crippen molar-refractivity contribution >= 4 is 5.69 Å². The predicted molar refractivity (Wildman–Crippen MR) is 96.6 cm³/mol. The smallest absolute Gasteiger partial charge is 0.314 e. The summed E-state index contributed by atoms with van der Waals surface area (Å²) in [4.78, 5) is 17.3. The van der Waals surface area contributed by atoms with Crippen LogP contribution in [0.15, 0.2) is 42.7 Å². The summed E-state index contributed by atoms with van der Waals surface area (Å²) < 4.78 is 10.8. The Hall–Kier alpha value is -2.71. The molecule has 26 heavy (non-hydrogen) atoms. The predicted octanol–water partition coefficient (Wildman–Crippen LogP) is 2.02. The highest BCUT2D eigenvalue weighted by Crippen LogP contribution is 2.31. The Balaban J connectivity index is 1.64. The number of nitrogens with zero attached hydrogens (tertiary/aromatic N) is 3. The molecule has 8 nitrogen and oxygen atoms in total. The molecule has 1 fully saturated rings. The maximum Gasteiger partial charge on any atom is 0.314 e. The van der Waals surface area contributed by atoms with E-state index in [-0.39, 0.29) is 17.5 Å². The van der Waals surface area contributed by atoms with E-state index in [1.54, 1.807) is 18.3 Å². The summed E-state index contributed by atoms with van der Waals surface area (Å²) in [7, 11) is 1.47. The van der Waals surface area contributed by atoms with E-state index in [1.807, 2.05) is 12.3 Å². The van der Waals surface area contributed by atoms with E-state index >= 15 is 0 Å². The zero-order chi connectivity index (χ0) is 18.4. The number of hydrogen-bond donors (Lipinski definition) is 1. The van der Waals surface area contributed by atoms with E-state index in [0.29, 0.717) is 18.9 Å². The van der Waals surface area contributed by atoms with Crippen LogP contribution in [0.5, 0.6) is 11.5 Å². The van der Waals surface area contributed by atoms with Gasteiger partial charge in [0.25, 0.3) is 0 Å². The van der Waals surface area contributed by atoms with Crippen LogP contribution in [-0.2, 0) is 0 Å². The molecular weight excluding hydrogens is 336 g/mol. The van der Waals surface area contributed by atoms with Gasteiger partial charge >= 0.3 is 5.69 Å². The summed E-state index contributed by atoms with van der Waals surface area (Å²) in [6.45, 7) is 3.66. The Labute approximate surface area is 151 Å². The first-order chi connectivity index (χ1) is 12.7. The average Bonchev–Trinajstić information content (AvgIpc) is 2.69. The molecule has 138 valence electrons. The molecule has 0 spiro atoms. The fourth-order valence-electron chi connectivity index (χ4n) is 3.08. The molecule has 1 saturated heterocycles. The lowest BCUT2D eigenvalue weighted by molar-refractivity contribution is -0.385. The van der Waals surface area contributed by atoms with Crippen LogP contribution in [0, 0.1) is 10.1 Å². The molecule has 1 unspecified atom stereocenters. The molecule has 0 amide bonds. The summed E-state index contributed by atoms with van der Waals surface area (Å²) in [5, 5.41) is 14.6. The molecule has 3 rings (SSSR count). The van der Waals surface area contributed by atoms with Gasteiger partial charge in [0.2, 0.25) is 0 Å². The first kappa shape index (κ1) is 18.1. The number of aromatic nitrogens is 1. The standard InChI is InChI=1S/C18H22N4O4/c1-25-15-4-5-18(16(11-15)22(23)24)26-10-9-21-8-7-20-13-17(21)14-3-2-6-19-12-14/h2-6,11-12,17,20H,7-10,13H2,1H3. The van der Waals surface area contributed by atoms with Crippen LogP contribution in [0.2, 0.25) is 0 Å². The molecule has 1 aromatic carbocycles. The maximum absolute atomic E-state index is 11.2. The van der Waals surface area contributed by atoms with Crippen LogP contribution in [0.25, 0.3) is 0 Å². The lowest BCUT2D eigenvalue weighted by Gasteiger charge is -2.36. The zero-order valence-electron chi connectivity index (χ0n) is 14.6. The third-order valence-electron chi connectivity index (χ3n) is 4.42. The van der Waals surface area contributed by atoms with E-state index in [2.05, 4.69) is 21.3 Å². The number of nitrogens with one attached hydrogen (secondary N) is 1. The fraction of sp³-hybridized carbons (Fsp3) is 0.389. The van der Waals surface area contributed by atoms with Crippen LogP contribution < -0.4 is 14.8 Å². The molecule has 2 aromatic rings. The molecule has 2 heterocycles. The molecule has 8 heteroatoms. The molecule has 1 N–H and O–H groups in total. The van der Waals surface area contributed by atoms with E-state index < -0.39 is 4.92 Å². The molecule has 0 radical (unpaired) electrons. The molecule has 1 aromatic heterocycles. The lowest BCUT2D eigenvalue weighted by atomic mass is 10.1. The highest BCUT2D eigenvalue weighted by Gasteiger charge is 2.24. The SMILES string of the molecule is COc1ccc(OCCN2CCNCC2c2cccnc2)c([N+](=O)[O-])c1. The summed E-state index contributed by atoms with van der Waals surface area (Å²) in [6.07, 6.45) is 3.63. The van der Waals surface area contributed by atoms with E-state index in [0.717, 1.165) is 25.2 Å². The topological polar surface area (TPSA) is 89.8 Å². The van der Waals surface area contributed by atoms with E-state index in [9.17, 15) is 10.1 Å². The van der Waals surface area contributed by atoms with Gasteiger partial charge in [0.15, 0.2) is 5.75 Å². The Morgan fingerprint density at radius 1 is 1.42 bits per heavy atom. The molecule has 1 aliphatic heterocycles. The molecule has 1 aliphatic rings. The molecular formula is C18H22N4O4. The van der Waals surface area contributed by atoms with Crippen molar-refractivity contribution in [2.45, 2.75) is 6.04 Å². The largest absolute Gasteiger partial charge is 0.496 e. The van der Waals surface area contributed by atoms with Gasteiger partial charge in [-0.2, -0.15) is 0 Å². The van der Waals surface area contributed by atoms with Crippen molar-refractivity contribution in [1.29, 1.82) is 0 Å². The molecule has 0 bridgehead atoms. The number of rotatable bonds is 7. The molecule has 0 saturated carbocycles. The van der Waals surface area contributed by atoms with Crippen molar-refractivity contribution in [3.8, 4) is 11.5 Å². The highest BCUT2D eigenvalue weighted by molar-refractivity contribution is 5.50. The van der Waals surface area contributed by atoms with Gasteiger partial charge in [-0.05, 0) is 23.8 Å². The second-order valence-electron chi connectivity index (χ2n) is 5.98. The Bertz CT molecular complexity index is 741. The summed E-state index contributed by atoms with van der Waals surface area (Å²) in [6, 6.07) is 8.82. The van der Waals surface area contributed by atoms with Crippen LogP contribution in [0.1, 0.15) is 11.6 Å². The van der Waals surface area contributed by atoms with Gasteiger partial charge < -0.3 is 14.8 Å². The quantitative estimate of drug-likeness (QED) is 0.598. The first-order valence-electron chi connectivity index (χ1n) is 8.49. The number of benzene rings is 1. The summed E-state index contributed by atoms with van der Waals surface area (Å²) in [5.74, 6) is 0.687. The van der Waals surface area contributed by atoms with Crippen molar-refractivity contribution in [3.05, 3.63) is 58.4 Å². The monoisotopic (exact) mass is 358 g/mol. The second kappa shape index (κ2) is 8.59. The minimum atomic E-state index is -0.457. The van der Waals surface area contributed by atoms with Crippen molar-refractivity contribution in [2.24, 2.45) is 0 Å². The van der Waals surface area contributed by atoms with Gasteiger partial charge in [0, 0.05) is 44.6 Å². The number of hydrogen-bond acceptors (Lipinski definition) is 7. The van der Waals surface area contributed by atoms with Gasteiger partial charge in [0.1, 0.15) is 12.4 Å². The number of ether oxygens (including phenoxy) is 2. The minimum Gasteiger partial charge on any atom is -0.496 e. The average molecular weight is 358 g/mol. The molecule has 1 atom stereocenters. The normalized spacial score (nSPS) is 17.7. The molecule has 0 aliphatic carbocycles. The van der Waals surface area contributed by atoms with E-state index in [4.69, 9.17) is 9.47 Å². The Morgan fingerprint density at radius 2 is 2.31 bits per heavy atom. The Morgan fingerprint density at radius 3 is 3.04 bits per heavy atom. The number of nitro groups is 1. The number of methoxy groups -OCH3 is 1. The van der Waals surface area contributed by atoms with Gasteiger partial charge in [-0.1, -0.05) is 6.07 Å². The first-order valence-corrected chi connectivity index (χ1v) is 8.49. The zero-order valence-corrected chi connectivity index (χ0v) is 14.6. The van der Waals surface area contributed by atoms with Crippen LogP contribution in [-0.4, -0.2) is 54.7 Å². The second-order valence-corrected chi connectivity index (χ2v) is 5.98. The summed E-state index contributed by atoms with van der Waals surface area (Å²) >= 11 is 0. The van der Waals surface area contributed by atoms with Crippen molar-refractivity contribution < 1.29 is 14.4 Å².